The Morgan fingerprint density at radius 3 is 2.50 bits per heavy atom. The highest BCUT2D eigenvalue weighted by molar-refractivity contribution is 7.89. The summed E-state index contributed by atoms with van der Waals surface area (Å²) in [6, 6.07) is 5.34. The predicted molar refractivity (Wildman–Crippen MR) is 101 cm³/mol. The maximum Gasteiger partial charge on any atom is 0.321 e. The average molecular weight is 384 g/mol. The van der Waals surface area contributed by atoms with E-state index in [0.717, 1.165) is 24.0 Å². The third-order valence-corrected chi connectivity index (χ3v) is 7.11. The van der Waals surface area contributed by atoms with Crippen molar-refractivity contribution >= 4 is 16.0 Å². The Morgan fingerprint density at radius 1 is 1.31 bits per heavy atom. The number of carbonyl (C=O) groups is 1. The molecule has 0 saturated heterocycles. The number of nitrogens with zero attached hydrogens (tertiary/aromatic N) is 1. The van der Waals surface area contributed by atoms with E-state index >= 15 is 0 Å². The summed E-state index contributed by atoms with van der Waals surface area (Å²) in [6.07, 6.45) is 2.02. The summed E-state index contributed by atoms with van der Waals surface area (Å²) in [5.41, 5.74) is 1.37. The van der Waals surface area contributed by atoms with Crippen molar-refractivity contribution in [3.8, 4) is 5.75 Å². The fraction of sp³-hybridized carbons (Fsp3) is 0.632. The van der Waals surface area contributed by atoms with Crippen molar-refractivity contribution in [2.45, 2.75) is 58.6 Å². The van der Waals surface area contributed by atoms with Crippen LogP contribution >= 0.6 is 0 Å². The molecule has 1 aromatic carbocycles. The van der Waals surface area contributed by atoms with E-state index in [1.54, 1.807) is 6.92 Å². The summed E-state index contributed by atoms with van der Waals surface area (Å²) in [5.74, 6) is 0.0475. The molecule has 0 radical (unpaired) electrons. The van der Waals surface area contributed by atoms with Crippen LogP contribution in [0.15, 0.2) is 18.2 Å². The average Bonchev–Trinajstić information content (AvgIpc) is 2.65. The van der Waals surface area contributed by atoms with Crippen LogP contribution in [0.2, 0.25) is 0 Å². The number of sulfonamides is 1. The number of hydrogen-bond acceptors (Lipinski definition) is 5. The van der Waals surface area contributed by atoms with Gasteiger partial charge in [0.05, 0.1) is 18.9 Å². The van der Waals surface area contributed by atoms with Gasteiger partial charge in [-0.2, -0.15) is 4.31 Å². The van der Waals surface area contributed by atoms with Crippen molar-refractivity contribution in [2.24, 2.45) is 0 Å². The fourth-order valence-corrected chi connectivity index (χ4v) is 4.67. The third-order valence-electron chi connectivity index (χ3n) is 5.29. The van der Waals surface area contributed by atoms with Gasteiger partial charge in [-0.25, -0.2) is 8.42 Å². The second kappa shape index (κ2) is 7.96. The molecule has 7 heteroatoms. The highest BCUT2D eigenvalue weighted by atomic mass is 32.2. The van der Waals surface area contributed by atoms with E-state index in [1.807, 2.05) is 39.0 Å². The molecule has 0 bridgehead atoms. The van der Waals surface area contributed by atoms with Crippen LogP contribution in [0.3, 0.4) is 0 Å². The molecule has 1 aromatic rings. The van der Waals surface area contributed by atoms with Crippen LogP contribution in [0.5, 0.6) is 5.75 Å². The minimum atomic E-state index is -3.61. The Balaban J connectivity index is 2.61. The van der Waals surface area contributed by atoms with Gasteiger partial charge >= 0.3 is 5.97 Å². The van der Waals surface area contributed by atoms with Crippen LogP contribution in [-0.2, 0) is 19.6 Å². The van der Waals surface area contributed by atoms with Gasteiger partial charge in [-0.3, -0.25) is 4.79 Å². The number of ether oxygens (including phenoxy) is 2. The van der Waals surface area contributed by atoms with Gasteiger partial charge in [-0.1, -0.05) is 31.5 Å². The first-order valence-corrected chi connectivity index (χ1v) is 10.7. The third kappa shape index (κ3) is 4.04. The molecular formula is C19H29NO5S. The summed E-state index contributed by atoms with van der Waals surface area (Å²) in [7, 11) is -2.34. The number of carbonyl (C=O) groups excluding carboxylic acids is 1. The van der Waals surface area contributed by atoms with Gasteiger partial charge in [0.2, 0.25) is 10.0 Å². The number of esters is 1. The molecule has 1 heterocycles. The molecule has 1 unspecified atom stereocenters. The smallest absolute Gasteiger partial charge is 0.321 e. The zero-order valence-corrected chi connectivity index (χ0v) is 17.1. The Kier molecular flexibility index (Phi) is 6.34. The van der Waals surface area contributed by atoms with Crippen LogP contribution in [-0.4, -0.2) is 43.7 Å². The quantitative estimate of drug-likeness (QED) is 0.676. The van der Waals surface area contributed by atoms with Gasteiger partial charge in [0.15, 0.2) is 0 Å². The maximum absolute atomic E-state index is 12.8. The minimum absolute atomic E-state index is 0.0756. The van der Waals surface area contributed by atoms with E-state index in [2.05, 4.69) is 0 Å². The Labute approximate surface area is 156 Å². The van der Waals surface area contributed by atoms with Crippen LogP contribution in [0.4, 0.5) is 0 Å². The monoisotopic (exact) mass is 383 g/mol. The van der Waals surface area contributed by atoms with E-state index in [0.29, 0.717) is 12.2 Å². The van der Waals surface area contributed by atoms with Crippen molar-refractivity contribution in [1.29, 1.82) is 0 Å². The van der Waals surface area contributed by atoms with E-state index in [-0.39, 0.29) is 12.3 Å². The second-order valence-corrected chi connectivity index (χ2v) is 8.99. The Bertz CT molecular complexity index is 755. The molecular weight excluding hydrogens is 354 g/mol. The predicted octanol–water partition coefficient (Wildman–Crippen LogP) is 3.20. The lowest BCUT2D eigenvalue weighted by Crippen LogP contribution is -2.48. The zero-order valence-electron chi connectivity index (χ0n) is 16.2. The normalized spacial score (nSPS) is 18.9. The number of methoxy groups -OCH3 is 1. The van der Waals surface area contributed by atoms with Crippen LogP contribution < -0.4 is 4.74 Å². The lowest BCUT2D eigenvalue weighted by molar-refractivity contribution is -0.141. The van der Waals surface area contributed by atoms with Gasteiger partial charge < -0.3 is 9.47 Å². The van der Waals surface area contributed by atoms with Crippen molar-refractivity contribution in [1.82, 2.24) is 4.31 Å². The molecule has 0 aliphatic carbocycles. The summed E-state index contributed by atoms with van der Waals surface area (Å²) in [4.78, 5) is 11.9. The Morgan fingerprint density at radius 2 is 1.96 bits per heavy atom. The van der Waals surface area contributed by atoms with E-state index in [9.17, 15) is 13.2 Å². The van der Waals surface area contributed by atoms with Gasteiger partial charge in [-0.05, 0) is 32.8 Å². The molecule has 0 aromatic heterocycles. The molecule has 1 aliphatic rings. The number of hydrogen-bond donors (Lipinski definition) is 0. The van der Waals surface area contributed by atoms with E-state index in [4.69, 9.17) is 9.47 Å². The summed E-state index contributed by atoms with van der Waals surface area (Å²) in [6.45, 7) is 7.33. The Hall–Kier alpha value is -1.60. The number of rotatable bonds is 7. The standard InChI is InChI=1S/C19H29NO5S/c1-6-19(7-2)12-16(15-11-14(4)9-10-17(15)25-19)20(13-18(21)24-5)26(22,23)8-3/h9-11,16H,6-8,12-13H2,1-5H3. The highest BCUT2D eigenvalue weighted by Gasteiger charge is 2.44. The zero-order chi connectivity index (χ0) is 19.5. The molecule has 2 rings (SSSR count). The molecule has 26 heavy (non-hydrogen) atoms. The lowest BCUT2D eigenvalue weighted by atomic mass is 9.83. The van der Waals surface area contributed by atoms with Gasteiger partial charge in [0.1, 0.15) is 17.9 Å². The molecule has 1 atom stereocenters. The fourth-order valence-electron chi connectivity index (χ4n) is 3.46. The largest absolute Gasteiger partial charge is 0.487 e. The summed E-state index contributed by atoms with van der Waals surface area (Å²) >= 11 is 0. The summed E-state index contributed by atoms with van der Waals surface area (Å²) in [5, 5.41) is 0. The van der Waals surface area contributed by atoms with E-state index in [1.165, 1.54) is 11.4 Å². The van der Waals surface area contributed by atoms with Crippen molar-refractivity contribution in [3.05, 3.63) is 29.3 Å². The molecule has 0 saturated carbocycles. The first kappa shape index (κ1) is 20.7. The van der Waals surface area contributed by atoms with Gasteiger partial charge in [0, 0.05) is 12.0 Å². The molecule has 0 amide bonds. The molecule has 1 aliphatic heterocycles. The van der Waals surface area contributed by atoms with Gasteiger partial charge in [0.25, 0.3) is 0 Å². The SMILES string of the molecule is CCC1(CC)CC(N(CC(=O)OC)S(=O)(=O)CC)c2cc(C)ccc2O1. The summed E-state index contributed by atoms with van der Waals surface area (Å²) < 4.78 is 38.0. The van der Waals surface area contributed by atoms with Crippen LogP contribution in [0.1, 0.15) is 57.2 Å². The minimum Gasteiger partial charge on any atom is -0.487 e. The first-order chi connectivity index (χ1) is 12.2. The van der Waals surface area contributed by atoms with Gasteiger partial charge in [-0.15, -0.1) is 0 Å². The van der Waals surface area contributed by atoms with E-state index < -0.39 is 27.6 Å². The maximum atomic E-state index is 12.8. The number of benzene rings is 1. The molecule has 6 nitrogen and oxygen atoms in total. The first-order valence-electron chi connectivity index (χ1n) is 9.07. The van der Waals surface area contributed by atoms with Crippen molar-refractivity contribution in [3.63, 3.8) is 0 Å². The number of fused-ring (bicyclic) bond motifs is 1. The molecule has 0 fully saturated rings. The molecule has 0 spiro atoms. The molecule has 146 valence electrons. The highest BCUT2D eigenvalue weighted by Crippen LogP contribution is 2.46. The number of aryl methyl sites for hydroxylation is 1. The van der Waals surface area contributed by atoms with Crippen LogP contribution in [0.25, 0.3) is 0 Å². The lowest BCUT2D eigenvalue weighted by Gasteiger charge is -2.44. The van der Waals surface area contributed by atoms with Crippen molar-refractivity contribution < 1.29 is 22.7 Å². The van der Waals surface area contributed by atoms with Crippen LogP contribution in [0, 0.1) is 6.92 Å². The topological polar surface area (TPSA) is 72.9 Å². The molecule has 0 N–H and O–H groups in total. The van der Waals surface area contributed by atoms with Crippen molar-refractivity contribution in [2.75, 3.05) is 19.4 Å². The second-order valence-electron chi connectivity index (χ2n) is 6.78.